The highest BCUT2D eigenvalue weighted by molar-refractivity contribution is 5.81. The van der Waals surface area contributed by atoms with Gasteiger partial charge in [0, 0.05) is 6.54 Å². The van der Waals surface area contributed by atoms with Crippen molar-refractivity contribution in [3.8, 4) is 0 Å². The third kappa shape index (κ3) is 2.45. The van der Waals surface area contributed by atoms with E-state index in [0.29, 0.717) is 13.2 Å². The minimum absolute atomic E-state index is 0.0952. The van der Waals surface area contributed by atoms with Crippen LogP contribution >= 0.6 is 0 Å². The van der Waals surface area contributed by atoms with Crippen LogP contribution in [0.4, 0.5) is 0 Å². The second-order valence-electron chi connectivity index (χ2n) is 3.68. The SMILES string of the molecule is CCC1COCCN1C(=O)C(C)NC. The van der Waals surface area contributed by atoms with Gasteiger partial charge >= 0.3 is 0 Å². The van der Waals surface area contributed by atoms with Crippen molar-refractivity contribution in [1.82, 2.24) is 10.2 Å². The first kappa shape index (κ1) is 11.5. The van der Waals surface area contributed by atoms with E-state index in [0.717, 1.165) is 13.0 Å². The van der Waals surface area contributed by atoms with Crippen LogP contribution in [0.25, 0.3) is 0 Å². The summed E-state index contributed by atoms with van der Waals surface area (Å²) < 4.78 is 5.35. The third-order valence-electron chi connectivity index (χ3n) is 2.79. The largest absolute Gasteiger partial charge is 0.377 e. The van der Waals surface area contributed by atoms with Crippen molar-refractivity contribution in [2.45, 2.75) is 32.4 Å². The van der Waals surface area contributed by atoms with Crippen LogP contribution in [-0.4, -0.2) is 49.7 Å². The van der Waals surface area contributed by atoms with Gasteiger partial charge in [-0.15, -0.1) is 0 Å². The van der Waals surface area contributed by atoms with Gasteiger partial charge in [0.05, 0.1) is 25.3 Å². The maximum atomic E-state index is 11.9. The van der Waals surface area contributed by atoms with Gasteiger partial charge in [-0.3, -0.25) is 4.79 Å². The van der Waals surface area contributed by atoms with E-state index in [9.17, 15) is 4.79 Å². The number of carbonyl (C=O) groups excluding carboxylic acids is 1. The Morgan fingerprint density at radius 1 is 1.71 bits per heavy atom. The van der Waals surface area contributed by atoms with E-state index in [1.807, 2.05) is 18.9 Å². The molecule has 4 heteroatoms. The van der Waals surface area contributed by atoms with Crippen LogP contribution in [0.2, 0.25) is 0 Å². The Labute approximate surface area is 85.6 Å². The van der Waals surface area contributed by atoms with Gasteiger partial charge < -0.3 is 15.0 Å². The average molecular weight is 200 g/mol. The number of ether oxygens (including phenoxy) is 1. The van der Waals surface area contributed by atoms with Gasteiger partial charge in [-0.05, 0) is 20.4 Å². The number of nitrogens with zero attached hydrogens (tertiary/aromatic N) is 1. The molecule has 0 aromatic rings. The number of morpholine rings is 1. The van der Waals surface area contributed by atoms with E-state index in [-0.39, 0.29) is 18.0 Å². The summed E-state index contributed by atoms with van der Waals surface area (Å²) >= 11 is 0. The zero-order chi connectivity index (χ0) is 10.6. The van der Waals surface area contributed by atoms with Crippen molar-refractivity contribution < 1.29 is 9.53 Å². The molecular formula is C10H20N2O2. The van der Waals surface area contributed by atoms with Gasteiger partial charge in [-0.2, -0.15) is 0 Å². The molecule has 1 heterocycles. The van der Waals surface area contributed by atoms with E-state index in [1.54, 1.807) is 0 Å². The highest BCUT2D eigenvalue weighted by Crippen LogP contribution is 2.11. The van der Waals surface area contributed by atoms with Crippen LogP contribution in [0.5, 0.6) is 0 Å². The van der Waals surface area contributed by atoms with E-state index < -0.39 is 0 Å². The molecule has 1 saturated heterocycles. The monoisotopic (exact) mass is 200 g/mol. The Balaban J connectivity index is 2.58. The van der Waals surface area contributed by atoms with Crippen LogP contribution < -0.4 is 5.32 Å². The van der Waals surface area contributed by atoms with Crippen molar-refractivity contribution in [1.29, 1.82) is 0 Å². The molecule has 2 unspecified atom stereocenters. The number of carbonyl (C=O) groups is 1. The summed E-state index contributed by atoms with van der Waals surface area (Å²) in [5.41, 5.74) is 0. The highest BCUT2D eigenvalue weighted by Gasteiger charge is 2.28. The van der Waals surface area contributed by atoms with Crippen molar-refractivity contribution >= 4 is 5.91 Å². The van der Waals surface area contributed by atoms with Crippen molar-refractivity contribution in [3.05, 3.63) is 0 Å². The molecule has 0 spiro atoms. The van der Waals surface area contributed by atoms with Crippen LogP contribution in [0, 0.1) is 0 Å². The topological polar surface area (TPSA) is 41.6 Å². The van der Waals surface area contributed by atoms with Gasteiger partial charge in [-0.1, -0.05) is 6.92 Å². The number of rotatable bonds is 3. The van der Waals surface area contributed by atoms with E-state index >= 15 is 0 Å². The van der Waals surface area contributed by atoms with Gasteiger partial charge in [0.25, 0.3) is 0 Å². The minimum atomic E-state index is -0.0952. The fourth-order valence-corrected chi connectivity index (χ4v) is 1.66. The van der Waals surface area contributed by atoms with Gasteiger partial charge in [0.15, 0.2) is 0 Å². The molecule has 2 atom stereocenters. The second kappa shape index (κ2) is 5.32. The maximum absolute atomic E-state index is 11.9. The number of likely N-dealkylation sites (N-methyl/N-ethyl adjacent to an activating group) is 1. The zero-order valence-electron chi connectivity index (χ0n) is 9.25. The van der Waals surface area contributed by atoms with Crippen LogP contribution in [0.15, 0.2) is 0 Å². The Bertz CT molecular complexity index is 197. The molecule has 0 aromatic heterocycles. The molecule has 1 rings (SSSR count). The van der Waals surface area contributed by atoms with Crippen LogP contribution in [0.1, 0.15) is 20.3 Å². The van der Waals surface area contributed by atoms with E-state index in [1.165, 1.54) is 0 Å². The third-order valence-corrected chi connectivity index (χ3v) is 2.79. The molecule has 0 aromatic carbocycles. The van der Waals surface area contributed by atoms with Gasteiger partial charge in [0.2, 0.25) is 5.91 Å². The molecule has 1 aliphatic rings. The van der Waals surface area contributed by atoms with Crippen LogP contribution in [0.3, 0.4) is 0 Å². The van der Waals surface area contributed by atoms with Gasteiger partial charge in [0.1, 0.15) is 0 Å². The van der Waals surface area contributed by atoms with Crippen molar-refractivity contribution in [2.24, 2.45) is 0 Å². The molecule has 1 fully saturated rings. The Hall–Kier alpha value is -0.610. The fraction of sp³-hybridized carbons (Fsp3) is 0.900. The molecule has 1 amide bonds. The predicted octanol–water partition coefficient (Wildman–Crippen LogP) is 0.232. The highest BCUT2D eigenvalue weighted by atomic mass is 16.5. The lowest BCUT2D eigenvalue weighted by Crippen LogP contribution is -2.53. The van der Waals surface area contributed by atoms with Crippen LogP contribution in [-0.2, 0) is 9.53 Å². The molecule has 0 aliphatic carbocycles. The smallest absolute Gasteiger partial charge is 0.239 e. The molecule has 1 N–H and O–H groups in total. The van der Waals surface area contributed by atoms with E-state index in [4.69, 9.17) is 4.74 Å². The molecule has 14 heavy (non-hydrogen) atoms. The molecule has 4 nitrogen and oxygen atoms in total. The van der Waals surface area contributed by atoms with Crippen molar-refractivity contribution in [3.63, 3.8) is 0 Å². The number of amides is 1. The second-order valence-corrected chi connectivity index (χ2v) is 3.68. The zero-order valence-corrected chi connectivity index (χ0v) is 9.25. The normalized spacial score (nSPS) is 24.8. The minimum Gasteiger partial charge on any atom is -0.377 e. The summed E-state index contributed by atoms with van der Waals surface area (Å²) in [4.78, 5) is 13.8. The Morgan fingerprint density at radius 2 is 2.43 bits per heavy atom. The first-order chi connectivity index (χ1) is 6.70. The average Bonchev–Trinajstić information content (AvgIpc) is 2.26. The predicted molar refractivity (Wildman–Crippen MR) is 55.1 cm³/mol. The first-order valence-electron chi connectivity index (χ1n) is 5.26. The summed E-state index contributed by atoms with van der Waals surface area (Å²) in [6.07, 6.45) is 0.960. The molecule has 0 radical (unpaired) electrons. The summed E-state index contributed by atoms with van der Waals surface area (Å²) in [5, 5.41) is 2.97. The maximum Gasteiger partial charge on any atom is 0.239 e. The molecule has 0 saturated carbocycles. The molecule has 82 valence electrons. The summed E-state index contributed by atoms with van der Waals surface area (Å²) in [5.74, 6) is 0.183. The fourth-order valence-electron chi connectivity index (χ4n) is 1.66. The van der Waals surface area contributed by atoms with Crippen molar-refractivity contribution in [2.75, 3.05) is 26.8 Å². The summed E-state index contributed by atoms with van der Waals surface area (Å²) in [6.45, 7) is 6.05. The summed E-state index contributed by atoms with van der Waals surface area (Å²) in [7, 11) is 1.81. The van der Waals surface area contributed by atoms with E-state index in [2.05, 4.69) is 12.2 Å². The molecular weight excluding hydrogens is 180 g/mol. The summed E-state index contributed by atoms with van der Waals surface area (Å²) in [6, 6.07) is 0.161. The number of nitrogens with one attached hydrogen (secondary N) is 1. The lowest BCUT2D eigenvalue weighted by atomic mass is 10.1. The lowest BCUT2D eigenvalue weighted by Gasteiger charge is -2.36. The Morgan fingerprint density at radius 3 is 3.00 bits per heavy atom. The van der Waals surface area contributed by atoms with Gasteiger partial charge in [-0.25, -0.2) is 0 Å². The standard InChI is InChI=1S/C10H20N2O2/c1-4-9-7-14-6-5-12(9)10(13)8(2)11-3/h8-9,11H,4-7H2,1-3H3. The first-order valence-corrected chi connectivity index (χ1v) is 5.26. The Kier molecular flexibility index (Phi) is 4.35. The molecule has 1 aliphatic heterocycles. The lowest BCUT2D eigenvalue weighted by molar-refractivity contribution is -0.141. The molecule has 0 bridgehead atoms. The number of hydrogen-bond donors (Lipinski definition) is 1. The quantitative estimate of drug-likeness (QED) is 0.709. The number of hydrogen-bond acceptors (Lipinski definition) is 3.